The molecule has 1 heterocycles. The van der Waals surface area contributed by atoms with Crippen LogP contribution in [0, 0.1) is 5.82 Å². The number of hydrogen-bond donors (Lipinski definition) is 0. The quantitative estimate of drug-likeness (QED) is 0.274. The number of ether oxygens (including phenoxy) is 1. The second-order valence-electron chi connectivity index (χ2n) is 8.63. The molecule has 4 aromatic rings. The van der Waals surface area contributed by atoms with Gasteiger partial charge >= 0.3 is 0 Å². The summed E-state index contributed by atoms with van der Waals surface area (Å²) in [4.78, 5) is 42.3. The minimum atomic E-state index is -0.406. The second-order valence-corrected chi connectivity index (χ2v) is 8.63. The topological polar surface area (TPSA) is 80.1 Å². The van der Waals surface area contributed by atoms with Gasteiger partial charge in [0.15, 0.2) is 12.0 Å². The first-order chi connectivity index (χ1) is 18.4. The van der Waals surface area contributed by atoms with Crippen LogP contribution in [0.4, 0.5) is 4.39 Å². The lowest BCUT2D eigenvalue weighted by atomic mass is 10.1. The van der Waals surface area contributed by atoms with Crippen LogP contribution in [-0.2, 0) is 22.7 Å². The highest BCUT2D eigenvalue weighted by Crippen LogP contribution is 2.15. The normalized spacial score (nSPS) is 10.7. The van der Waals surface area contributed by atoms with Crippen LogP contribution in [0.1, 0.15) is 11.1 Å². The first-order valence-electron chi connectivity index (χ1n) is 12.0. The van der Waals surface area contributed by atoms with E-state index in [2.05, 4.69) is 6.58 Å². The highest BCUT2D eigenvalue weighted by molar-refractivity contribution is 5.86. The standard InChI is InChI=1S/C30H27FN2O5/c1-2-16-32(29(35)21-37-25-8-4-3-5-9-25)19-28(34)33(17-22-12-14-24(31)15-13-22)18-23-20-38-27-11-7-6-10-26(27)30(23)36/h2-15,20H,1,16-19,21H2. The van der Waals surface area contributed by atoms with Crippen LogP contribution in [-0.4, -0.2) is 41.3 Å². The van der Waals surface area contributed by atoms with Crippen LogP contribution in [0.3, 0.4) is 0 Å². The molecule has 4 rings (SSSR count). The van der Waals surface area contributed by atoms with Gasteiger partial charge in [-0.15, -0.1) is 6.58 Å². The summed E-state index contributed by atoms with van der Waals surface area (Å²) in [6, 6.07) is 21.5. The number of para-hydroxylation sites is 2. The van der Waals surface area contributed by atoms with Crippen molar-refractivity contribution >= 4 is 22.8 Å². The molecule has 0 fully saturated rings. The van der Waals surface area contributed by atoms with Crippen molar-refractivity contribution in [1.29, 1.82) is 0 Å². The van der Waals surface area contributed by atoms with Gasteiger partial charge in [-0.05, 0) is 42.0 Å². The molecule has 0 N–H and O–H groups in total. The molecule has 7 nitrogen and oxygen atoms in total. The zero-order valence-corrected chi connectivity index (χ0v) is 20.7. The van der Waals surface area contributed by atoms with Crippen LogP contribution in [0.5, 0.6) is 5.75 Å². The van der Waals surface area contributed by atoms with Gasteiger partial charge in [0, 0.05) is 13.1 Å². The highest BCUT2D eigenvalue weighted by atomic mass is 19.1. The van der Waals surface area contributed by atoms with Gasteiger partial charge in [-0.1, -0.05) is 48.5 Å². The summed E-state index contributed by atoms with van der Waals surface area (Å²) >= 11 is 0. The minimum absolute atomic E-state index is 0.0555. The molecule has 0 saturated carbocycles. The van der Waals surface area contributed by atoms with E-state index in [1.165, 1.54) is 34.3 Å². The van der Waals surface area contributed by atoms with E-state index in [-0.39, 0.29) is 43.8 Å². The maximum Gasteiger partial charge on any atom is 0.261 e. The number of hydrogen-bond acceptors (Lipinski definition) is 5. The first-order valence-corrected chi connectivity index (χ1v) is 12.0. The first kappa shape index (κ1) is 26.3. The SMILES string of the molecule is C=CCN(CC(=O)N(Cc1ccc(F)cc1)Cc1coc2ccccc2c1=O)C(=O)COc1ccccc1. The van der Waals surface area contributed by atoms with Gasteiger partial charge in [0.05, 0.1) is 23.8 Å². The number of amides is 2. The Morgan fingerprint density at radius 3 is 2.34 bits per heavy atom. The van der Waals surface area contributed by atoms with Crippen LogP contribution < -0.4 is 10.2 Å². The molecule has 0 atom stereocenters. The van der Waals surface area contributed by atoms with Crippen molar-refractivity contribution in [1.82, 2.24) is 9.80 Å². The largest absolute Gasteiger partial charge is 0.484 e. The van der Waals surface area contributed by atoms with Crippen molar-refractivity contribution in [3.63, 3.8) is 0 Å². The zero-order chi connectivity index (χ0) is 26.9. The second kappa shape index (κ2) is 12.5. The molecule has 1 aromatic heterocycles. The smallest absolute Gasteiger partial charge is 0.261 e. The molecule has 0 aliphatic carbocycles. The number of carbonyl (C=O) groups is 2. The lowest BCUT2D eigenvalue weighted by molar-refractivity contribution is -0.141. The Balaban J connectivity index is 1.55. The molecule has 0 bridgehead atoms. The highest BCUT2D eigenvalue weighted by Gasteiger charge is 2.23. The average Bonchev–Trinajstić information content (AvgIpc) is 2.94. The van der Waals surface area contributed by atoms with E-state index in [1.807, 2.05) is 6.07 Å². The van der Waals surface area contributed by atoms with Crippen molar-refractivity contribution in [3.8, 4) is 5.75 Å². The van der Waals surface area contributed by atoms with Gasteiger partial charge < -0.3 is 19.0 Å². The number of benzene rings is 3. The summed E-state index contributed by atoms with van der Waals surface area (Å²) < 4.78 is 24.6. The molecular formula is C30H27FN2O5. The Morgan fingerprint density at radius 2 is 1.61 bits per heavy atom. The number of nitrogens with zero attached hydrogens (tertiary/aromatic N) is 2. The van der Waals surface area contributed by atoms with Crippen LogP contribution in [0.15, 0.2) is 107 Å². The summed E-state index contributed by atoms with van der Waals surface area (Å²) in [5, 5.41) is 0.403. The van der Waals surface area contributed by atoms with Crippen LogP contribution in [0.2, 0.25) is 0 Å². The molecule has 0 unspecified atom stereocenters. The van der Waals surface area contributed by atoms with Crippen molar-refractivity contribution in [2.75, 3.05) is 19.7 Å². The predicted molar refractivity (Wildman–Crippen MR) is 142 cm³/mol. The van der Waals surface area contributed by atoms with E-state index >= 15 is 0 Å². The molecule has 2 amide bonds. The summed E-state index contributed by atoms with van der Waals surface area (Å²) in [5.74, 6) is -0.666. The zero-order valence-electron chi connectivity index (χ0n) is 20.7. The predicted octanol–water partition coefficient (Wildman–Crippen LogP) is 4.55. The molecule has 3 aromatic carbocycles. The fraction of sp³-hybridized carbons (Fsp3) is 0.167. The van der Waals surface area contributed by atoms with E-state index in [4.69, 9.17) is 9.15 Å². The van der Waals surface area contributed by atoms with Crippen molar-refractivity contribution < 1.29 is 23.1 Å². The van der Waals surface area contributed by atoms with Gasteiger partial charge in [0.1, 0.15) is 23.7 Å². The van der Waals surface area contributed by atoms with Crippen molar-refractivity contribution in [2.24, 2.45) is 0 Å². The van der Waals surface area contributed by atoms with Gasteiger partial charge in [0.2, 0.25) is 5.91 Å². The maximum absolute atomic E-state index is 13.5. The molecule has 0 aliphatic heterocycles. The summed E-state index contributed by atoms with van der Waals surface area (Å²) in [6.45, 7) is 3.35. The molecule has 8 heteroatoms. The monoisotopic (exact) mass is 514 g/mol. The molecule has 194 valence electrons. The number of rotatable bonds is 11. The van der Waals surface area contributed by atoms with Gasteiger partial charge in [-0.2, -0.15) is 0 Å². The number of carbonyl (C=O) groups excluding carboxylic acids is 2. The van der Waals surface area contributed by atoms with E-state index < -0.39 is 17.6 Å². The van der Waals surface area contributed by atoms with E-state index in [1.54, 1.807) is 60.7 Å². The van der Waals surface area contributed by atoms with Crippen molar-refractivity contribution in [3.05, 3.63) is 125 Å². The molecular weight excluding hydrogens is 487 g/mol. The van der Waals surface area contributed by atoms with Crippen molar-refractivity contribution in [2.45, 2.75) is 13.1 Å². The number of halogens is 1. The molecule has 0 radical (unpaired) electrons. The lowest BCUT2D eigenvalue weighted by Crippen LogP contribution is -2.44. The molecule has 38 heavy (non-hydrogen) atoms. The van der Waals surface area contributed by atoms with Gasteiger partial charge in [-0.25, -0.2) is 4.39 Å². The third-order valence-electron chi connectivity index (χ3n) is 5.89. The van der Waals surface area contributed by atoms with Crippen LogP contribution in [0.25, 0.3) is 11.0 Å². The Labute approximate surface area is 219 Å². The maximum atomic E-state index is 13.5. The number of fused-ring (bicyclic) bond motifs is 1. The van der Waals surface area contributed by atoms with Crippen LogP contribution >= 0.6 is 0 Å². The third kappa shape index (κ3) is 6.73. The fourth-order valence-electron chi connectivity index (χ4n) is 3.90. The average molecular weight is 515 g/mol. The molecule has 0 spiro atoms. The molecule has 0 aliphatic rings. The molecule has 0 saturated heterocycles. The lowest BCUT2D eigenvalue weighted by Gasteiger charge is -2.27. The van der Waals surface area contributed by atoms with E-state index in [9.17, 15) is 18.8 Å². The third-order valence-corrected chi connectivity index (χ3v) is 5.89. The Kier molecular flexibility index (Phi) is 8.66. The van der Waals surface area contributed by atoms with Gasteiger partial charge in [0.25, 0.3) is 5.91 Å². The Morgan fingerprint density at radius 1 is 0.895 bits per heavy atom. The fourth-order valence-corrected chi connectivity index (χ4v) is 3.90. The van der Waals surface area contributed by atoms with E-state index in [0.29, 0.717) is 22.3 Å². The van der Waals surface area contributed by atoms with E-state index in [0.717, 1.165) is 0 Å². The summed E-state index contributed by atoms with van der Waals surface area (Å²) in [7, 11) is 0. The Bertz CT molecular complexity index is 1470. The summed E-state index contributed by atoms with van der Waals surface area (Å²) in [6.07, 6.45) is 2.87. The minimum Gasteiger partial charge on any atom is -0.484 e. The van der Waals surface area contributed by atoms with Gasteiger partial charge in [-0.3, -0.25) is 14.4 Å². The Hall–Kier alpha value is -4.72. The summed E-state index contributed by atoms with van der Waals surface area (Å²) in [5.41, 5.74) is 1.14.